The summed E-state index contributed by atoms with van der Waals surface area (Å²) in [7, 11) is 0. The van der Waals surface area contributed by atoms with Crippen LogP contribution in [0.4, 0.5) is 0 Å². The minimum Gasteiger partial charge on any atom is -0.384 e. The molecule has 4 atom stereocenters. The van der Waals surface area contributed by atoms with Crippen LogP contribution in [0.3, 0.4) is 0 Å². The first-order chi connectivity index (χ1) is 16.5. The molecule has 176 valence electrons. The van der Waals surface area contributed by atoms with Gasteiger partial charge in [-0.3, -0.25) is 9.59 Å². The first-order valence-corrected chi connectivity index (χ1v) is 12.1. The van der Waals surface area contributed by atoms with Gasteiger partial charge < -0.3 is 20.2 Å². The highest BCUT2D eigenvalue weighted by Gasteiger charge is 2.51. The van der Waals surface area contributed by atoms with Gasteiger partial charge in [0.25, 0.3) is 0 Å². The van der Waals surface area contributed by atoms with E-state index < -0.39 is 35.6 Å². The lowest BCUT2D eigenvalue weighted by Gasteiger charge is -2.35. The maximum Gasteiger partial charge on any atom is 0.172 e. The van der Waals surface area contributed by atoms with Gasteiger partial charge in [0.15, 0.2) is 11.6 Å². The van der Waals surface area contributed by atoms with Crippen molar-refractivity contribution >= 4 is 33.4 Å². The topological polar surface area (TPSA) is 106 Å². The Morgan fingerprint density at radius 3 is 1.44 bits per heavy atom. The summed E-state index contributed by atoms with van der Waals surface area (Å²) in [6, 6.07) is 15.2. The van der Waals surface area contributed by atoms with Crippen molar-refractivity contribution < 1.29 is 19.8 Å². The average Bonchev–Trinajstić information content (AvgIpc) is 3.37. The molecule has 0 amide bonds. The molecule has 0 aliphatic heterocycles. The van der Waals surface area contributed by atoms with Crippen molar-refractivity contribution in [2.75, 3.05) is 0 Å². The van der Waals surface area contributed by atoms with Gasteiger partial charge in [-0.05, 0) is 36.1 Å². The number of aliphatic hydroxyl groups is 2. The number of benzene rings is 2. The predicted octanol–water partition coefficient (Wildman–Crippen LogP) is 4.30. The molecule has 6 nitrogen and oxygen atoms in total. The molecule has 4 aromatic rings. The number of carbonyl (C=O) groups excluding carboxylic acids is 2. The lowest BCUT2D eigenvalue weighted by atomic mass is 9.69. The number of aromatic nitrogens is 2. The SMILES string of the molecule is CCCc1[nH]c2ccccc2c1C1C(=O)C(O)C(c2c(CCC)[nH]c3ccccc23)C(=O)C1O. The number of hydrogen-bond acceptors (Lipinski definition) is 4. The van der Waals surface area contributed by atoms with Crippen LogP contribution in [-0.2, 0) is 22.4 Å². The van der Waals surface area contributed by atoms with Crippen LogP contribution in [0.25, 0.3) is 21.8 Å². The van der Waals surface area contributed by atoms with Crippen molar-refractivity contribution in [1.29, 1.82) is 0 Å². The first-order valence-electron chi connectivity index (χ1n) is 12.1. The molecule has 2 aromatic heterocycles. The van der Waals surface area contributed by atoms with Gasteiger partial charge in [0.2, 0.25) is 0 Å². The molecular weight excluding hydrogens is 428 g/mol. The summed E-state index contributed by atoms with van der Waals surface area (Å²) < 4.78 is 0. The summed E-state index contributed by atoms with van der Waals surface area (Å²) in [5.41, 5.74) is 4.64. The zero-order valence-electron chi connectivity index (χ0n) is 19.5. The van der Waals surface area contributed by atoms with Crippen molar-refractivity contribution in [2.24, 2.45) is 0 Å². The summed E-state index contributed by atoms with van der Waals surface area (Å²) >= 11 is 0. The molecule has 4 N–H and O–H groups in total. The molecule has 0 spiro atoms. The van der Waals surface area contributed by atoms with Gasteiger partial charge in [-0.15, -0.1) is 0 Å². The number of para-hydroxylation sites is 2. The minimum atomic E-state index is -1.53. The highest BCUT2D eigenvalue weighted by molar-refractivity contribution is 6.10. The molecule has 0 bridgehead atoms. The maximum absolute atomic E-state index is 13.7. The molecule has 0 saturated heterocycles. The van der Waals surface area contributed by atoms with Crippen molar-refractivity contribution in [3.8, 4) is 0 Å². The number of Topliss-reactive ketones (excluding diaryl/α,β-unsaturated/α-hetero) is 2. The normalized spacial score (nSPS) is 23.3. The molecule has 0 radical (unpaired) electrons. The number of aliphatic hydroxyl groups excluding tert-OH is 2. The third-order valence-electron chi connectivity index (χ3n) is 7.11. The van der Waals surface area contributed by atoms with Crippen LogP contribution in [0.15, 0.2) is 48.5 Å². The van der Waals surface area contributed by atoms with Gasteiger partial charge in [0.05, 0.1) is 11.8 Å². The minimum absolute atomic E-state index is 0.507. The Bertz CT molecular complexity index is 1280. The Labute approximate surface area is 198 Å². The lowest BCUT2D eigenvalue weighted by Crippen LogP contribution is -2.51. The van der Waals surface area contributed by atoms with Gasteiger partial charge in [-0.2, -0.15) is 0 Å². The van der Waals surface area contributed by atoms with Crippen LogP contribution in [0.1, 0.15) is 61.0 Å². The van der Waals surface area contributed by atoms with Crippen molar-refractivity contribution in [3.05, 3.63) is 71.0 Å². The summed E-state index contributed by atoms with van der Waals surface area (Å²) in [4.78, 5) is 34.1. The maximum atomic E-state index is 13.7. The predicted molar refractivity (Wildman–Crippen MR) is 132 cm³/mol. The van der Waals surface area contributed by atoms with Gasteiger partial charge in [0.1, 0.15) is 12.2 Å². The van der Waals surface area contributed by atoms with E-state index in [0.29, 0.717) is 24.0 Å². The van der Waals surface area contributed by atoms with E-state index in [4.69, 9.17) is 0 Å². The second kappa shape index (κ2) is 8.85. The van der Waals surface area contributed by atoms with E-state index in [-0.39, 0.29) is 0 Å². The second-order valence-electron chi connectivity index (χ2n) is 9.28. The van der Waals surface area contributed by atoms with E-state index in [1.54, 1.807) is 0 Å². The summed E-state index contributed by atoms with van der Waals surface area (Å²) in [5.74, 6) is -3.22. The van der Waals surface area contributed by atoms with E-state index in [0.717, 1.165) is 46.0 Å². The molecule has 34 heavy (non-hydrogen) atoms. The third kappa shape index (κ3) is 3.40. The Kier molecular flexibility index (Phi) is 5.88. The number of aromatic amines is 2. The van der Waals surface area contributed by atoms with Crippen LogP contribution in [0, 0.1) is 0 Å². The van der Waals surface area contributed by atoms with Crippen molar-refractivity contribution in [1.82, 2.24) is 9.97 Å². The first kappa shape index (κ1) is 22.6. The summed E-state index contributed by atoms with van der Waals surface area (Å²) in [6.45, 7) is 4.08. The molecule has 1 fully saturated rings. The fourth-order valence-corrected chi connectivity index (χ4v) is 5.65. The quantitative estimate of drug-likeness (QED) is 0.346. The van der Waals surface area contributed by atoms with Crippen LogP contribution in [0.2, 0.25) is 0 Å². The van der Waals surface area contributed by atoms with Crippen molar-refractivity contribution in [3.63, 3.8) is 0 Å². The standard InChI is InChI=1S/C28H30N2O4/c1-3-9-19-21(15-11-5-7-13-17(15)29-19)23-25(31)27(33)24(28(34)26(23)32)22-16-12-6-8-14-18(16)30-20(22)10-4-2/h5-8,11-14,23-25,28-31,34H,3-4,9-10H2,1-2H3. The Hall–Kier alpha value is -3.22. The zero-order chi connectivity index (χ0) is 24.0. The molecule has 5 rings (SSSR count). The van der Waals surface area contributed by atoms with Crippen LogP contribution < -0.4 is 0 Å². The number of nitrogens with one attached hydrogen (secondary N) is 2. The van der Waals surface area contributed by atoms with E-state index in [2.05, 4.69) is 9.97 Å². The summed E-state index contributed by atoms with van der Waals surface area (Å²) in [5, 5.41) is 24.2. The van der Waals surface area contributed by atoms with Crippen LogP contribution in [-0.4, -0.2) is 44.0 Å². The number of fused-ring (bicyclic) bond motifs is 2. The van der Waals surface area contributed by atoms with Gasteiger partial charge in [-0.25, -0.2) is 0 Å². The second-order valence-corrected chi connectivity index (χ2v) is 9.28. The van der Waals surface area contributed by atoms with E-state index in [1.807, 2.05) is 62.4 Å². The molecule has 2 heterocycles. The molecule has 6 heteroatoms. The fourth-order valence-electron chi connectivity index (χ4n) is 5.65. The van der Waals surface area contributed by atoms with Crippen LogP contribution in [0.5, 0.6) is 0 Å². The number of rotatable bonds is 6. The fraction of sp³-hybridized carbons (Fsp3) is 0.357. The van der Waals surface area contributed by atoms with E-state index in [9.17, 15) is 19.8 Å². The zero-order valence-corrected chi connectivity index (χ0v) is 19.5. The van der Waals surface area contributed by atoms with E-state index >= 15 is 0 Å². The number of aryl methyl sites for hydroxylation is 2. The Balaban J connectivity index is 1.64. The lowest BCUT2D eigenvalue weighted by molar-refractivity contribution is -0.149. The number of hydrogen-bond donors (Lipinski definition) is 4. The number of ketones is 2. The van der Waals surface area contributed by atoms with Gasteiger partial charge in [0, 0.05) is 33.2 Å². The highest BCUT2D eigenvalue weighted by Crippen LogP contribution is 2.43. The third-order valence-corrected chi connectivity index (χ3v) is 7.11. The van der Waals surface area contributed by atoms with Crippen LogP contribution >= 0.6 is 0 Å². The molecule has 4 unspecified atom stereocenters. The molecule has 1 aliphatic rings. The largest absolute Gasteiger partial charge is 0.384 e. The molecule has 1 aliphatic carbocycles. The number of carbonyl (C=O) groups is 2. The van der Waals surface area contributed by atoms with Gasteiger partial charge >= 0.3 is 0 Å². The van der Waals surface area contributed by atoms with Crippen molar-refractivity contribution in [2.45, 2.75) is 63.6 Å². The number of H-pyrrole nitrogens is 2. The Morgan fingerprint density at radius 2 is 1.06 bits per heavy atom. The molecule has 1 saturated carbocycles. The molecule has 2 aromatic carbocycles. The monoisotopic (exact) mass is 458 g/mol. The average molecular weight is 459 g/mol. The smallest absolute Gasteiger partial charge is 0.172 e. The summed E-state index contributed by atoms with van der Waals surface area (Å²) in [6.07, 6.45) is -0.0240. The van der Waals surface area contributed by atoms with E-state index in [1.165, 1.54) is 0 Å². The highest BCUT2D eigenvalue weighted by atomic mass is 16.3. The molecular formula is C28H30N2O4. The van der Waals surface area contributed by atoms with Gasteiger partial charge in [-0.1, -0.05) is 63.1 Å². The Morgan fingerprint density at radius 1 is 0.676 bits per heavy atom.